The van der Waals surface area contributed by atoms with Crippen LogP contribution in [0, 0.1) is 5.82 Å². The molecule has 0 saturated carbocycles. The Labute approximate surface area is 158 Å². The van der Waals surface area contributed by atoms with Crippen molar-refractivity contribution in [3.05, 3.63) is 48.1 Å². The van der Waals surface area contributed by atoms with Gasteiger partial charge in [-0.1, -0.05) is 13.8 Å². The van der Waals surface area contributed by atoms with Crippen LogP contribution in [0.25, 0.3) is 11.0 Å². The minimum absolute atomic E-state index is 0.0551. The van der Waals surface area contributed by atoms with Crippen molar-refractivity contribution in [1.82, 2.24) is 24.4 Å². The minimum atomic E-state index is -0.311. The number of aromatic nitrogens is 4. The summed E-state index contributed by atoms with van der Waals surface area (Å²) >= 11 is 0. The summed E-state index contributed by atoms with van der Waals surface area (Å²) in [7, 11) is 0. The van der Waals surface area contributed by atoms with E-state index < -0.39 is 0 Å². The Bertz CT molecular complexity index is 929. The first-order valence-corrected chi connectivity index (χ1v) is 9.36. The van der Waals surface area contributed by atoms with Gasteiger partial charge in [0.2, 0.25) is 5.91 Å². The van der Waals surface area contributed by atoms with Gasteiger partial charge in [-0.2, -0.15) is 0 Å². The van der Waals surface area contributed by atoms with E-state index in [2.05, 4.69) is 28.8 Å². The van der Waals surface area contributed by atoms with Crippen LogP contribution in [0.4, 0.5) is 4.39 Å². The van der Waals surface area contributed by atoms with Crippen molar-refractivity contribution in [1.29, 1.82) is 0 Å². The molecule has 6 nitrogen and oxygen atoms in total. The number of rotatable bonds is 7. The van der Waals surface area contributed by atoms with E-state index in [4.69, 9.17) is 0 Å². The molecule has 2 heterocycles. The van der Waals surface area contributed by atoms with Gasteiger partial charge in [-0.05, 0) is 32.0 Å². The molecule has 0 spiro atoms. The molecule has 0 radical (unpaired) electrons. The van der Waals surface area contributed by atoms with Gasteiger partial charge in [0, 0.05) is 37.8 Å². The lowest BCUT2D eigenvalue weighted by Gasteiger charge is -2.26. The number of carbonyl (C=O) groups excluding carboxylic acids is 1. The highest BCUT2D eigenvalue weighted by Crippen LogP contribution is 2.19. The number of aromatic amines is 1. The predicted octanol–water partition coefficient (Wildman–Crippen LogP) is 3.67. The normalized spacial score (nSPS) is 12.7. The molecule has 3 aromatic rings. The van der Waals surface area contributed by atoms with Crippen molar-refractivity contribution < 1.29 is 9.18 Å². The van der Waals surface area contributed by atoms with Gasteiger partial charge >= 0.3 is 0 Å². The molecule has 0 unspecified atom stereocenters. The Morgan fingerprint density at radius 1 is 1.33 bits per heavy atom. The van der Waals surface area contributed by atoms with E-state index in [-0.39, 0.29) is 23.7 Å². The van der Waals surface area contributed by atoms with E-state index in [0.29, 0.717) is 25.0 Å². The van der Waals surface area contributed by atoms with Crippen LogP contribution in [0.5, 0.6) is 0 Å². The summed E-state index contributed by atoms with van der Waals surface area (Å²) in [4.78, 5) is 26.8. The summed E-state index contributed by atoms with van der Waals surface area (Å²) in [5, 5.41) is 0. The van der Waals surface area contributed by atoms with Gasteiger partial charge in [0.25, 0.3) is 0 Å². The molecule has 1 aromatic carbocycles. The molecule has 0 aliphatic rings. The van der Waals surface area contributed by atoms with Crippen molar-refractivity contribution in [2.45, 2.75) is 46.1 Å². The Hall–Kier alpha value is -2.70. The number of nitrogens with zero attached hydrogens (tertiary/aromatic N) is 4. The SMILES string of the molecule is CCN(CCc1nc2ccc(F)cc2[nH]1)C(=O)[C@@H](C)n1ccnc1C(C)C. The summed E-state index contributed by atoms with van der Waals surface area (Å²) in [5.74, 6) is 1.67. The first-order valence-electron chi connectivity index (χ1n) is 9.36. The van der Waals surface area contributed by atoms with Gasteiger partial charge in [0.05, 0.1) is 11.0 Å². The van der Waals surface area contributed by atoms with Gasteiger partial charge < -0.3 is 14.5 Å². The van der Waals surface area contributed by atoms with Crippen molar-refractivity contribution in [3.8, 4) is 0 Å². The average molecular weight is 371 g/mol. The van der Waals surface area contributed by atoms with Crippen LogP contribution in [0.3, 0.4) is 0 Å². The summed E-state index contributed by atoms with van der Waals surface area (Å²) in [6.07, 6.45) is 4.19. The van der Waals surface area contributed by atoms with E-state index in [1.165, 1.54) is 12.1 Å². The Morgan fingerprint density at radius 3 is 2.81 bits per heavy atom. The number of hydrogen-bond donors (Lipinski definition) is 1. The van der Waals surface area contributed by atoms with Crippen LogP contribution in [-0.2, 0) is 11.2 Å². The number of amides is 1. The maximum Gasteiger partial charge on any atom is 0.245 e. The molecule has 0 fully saturated rings. The molecule has 144 valence electrons. The molecular weight excluding hydrogens is 345 g/mol. The van der Waals surface area contributed by atoms with Crippen molar-refractivity contribution >= 4 is 16.9 Å². The van der Waals surface area contributed by atoms with E-state index in [0.717, 1.165) is 17.2 Å². The number of fused-ring (bicyclic) bond motifs is 1. The van der Waals surface area contributed by atoms with Crippen LogP contribution >= 0.6 is 0 Å². The number of nitrogens with one attached hydrogen (secondary N) is 1. The van der Waals surface area contributed by atoms with Crippen LogP contribution in [-0.4, -0.2) is 43.4 Å². The molecule has 1 amide bonds. The predicted molar refractivity (Wildman–Crippen MR) is 103 cm³/mol. The summed E-state index contributed by atoms with van der Waals surface area (Å²) < 4.78 is 15.3. The fourth-order valence-electron chi connectivity index (χ4n) is 3.30. The number of likely N-dealkylation sites (N-methyl/N-ethyl adjacent to an activating group) is 1. The second-order valence-corrected chi connectivity index (χ2v) is 7.04. The fraction of sp³-hybridized carbons (Fsp3) is 0.450. The lowest BCUT2D eigenvalue weighted by molar-refractivity contribution is -0.134. The van der Waals surface area contributed by atoms with Gasteiger partial charge in [-0.25, -0.2) is 14.4 Å². The summed E-state index contributed by atoms with van der Waals surface area (Å²) in [5.41, 5.74) is 1.40. The standard InChI is InChI=1S/C20H26FN5O/c1-5-25(20(27)14(4)26-11-9-22-19(26)13(2)3)10-8-18-23-16-7-6-15(21)12-17(16)24-18/h6-7,9,11-14H,5,8,10H2,1-4H3,(H,23,24)/t14-/m1/s1. The maximum atomic E-state index is 13.3. The second kappa shape index (κ2) is 7.90. The van der Waals surface area contributed by atoms with E-state index >= 15 is 0 Å². The first-order chi connectivity index (χ1) is 12.9. The zero-order valence-electron chi connectivity index (χ0n) is 16.2. The number of halogens is 1. The number of carbonyl (C=O) groups is 1. The number of benzene rings is 1. The smallest absolute Gasteiger partial charge is 0.245 e. The third-order valence-electron chi connectivity index (χ3n) is 4.79. The second-order valence-electron chi connectivity index (χ2n) is 7.04. The van der Waals surface area contributed by atoms with E-state index in [9.17, 15) is 9.18 Å². The first kappa shape index (κ1) is 19.1. The monoisotopic (exact) mass is 371 g/mol. The third kappa shape index (κ3) is 4.02. The lowest BCUT2D eigenvalue weighted by Crippen LogP contribution is -2.38. The Kier molecular flexibility index (Phi) is 5.58. The van der Waals surface area contributed by atoms with Gasteiger partial charge in [-0.3, -0.25) is 4.79 Å². The van der Waals surface area contributed by atoms with Crippen LogP contribution in [0.15, 0.2) is 30.6 Å². The highest BCUT2D eigenvalue weighted by molar-refractivity contribution is 5.80. The summed E-state index contributed by atoms with van der Waals surface area (Å²) in [6, 6.07) is 4.17. The van der Waals surface area contributed by atoms with Crippen molar-refractivity contribution in [3.63, 3.8) is 0 Å². The molecule has 27 heavy (non-hydrogen) atoms. The van der Waals surface area contributed by atoms with Gasteiger partial charge in [0.15, 0.2) is 0 Å². The zero-order chi connectivity index (χ0) is 19.6. The quantitative estimate of drug-likeness (QED) is 0.689. The zero-order valence-corrected chi connectivity index (χ0v) is 16.2. The molecular formula is C20H26FN5O. The maximum absolute atomic E-state index is 13.3. The molecule has 2 aromatic heterocycles. The molecule has 1 atom stereocenters. The lowest BCUT2D eigenvalue weighted by atomic mass is 10.2. The van der Waals surface area contributed by atoms with Crippen molar-refractivity contribution in [2.75, 3.05) is 13.1 Å². The third-order valence-corrected chi connectivity index (χ3v) is 4.79. The molecule has 7 heteroatoms. The number of hydrogen-bond acceptors (Lipinski definition) is 3. The molecule has 0 aliphatic carbocycles. The highest BCUT2D eigenvalue weighted by atomic mass is 19.1. The van der Waals surface area contributed by atoms with Gasteiger partial charge in [-0.15, -0.1) is 0 Å². The Balaban J connectivity index is 1.70. The average Bonchev–Trinajstić information content (AvgIpc) is 3.27. The van der Waals surface area contributed by atoms with E-state index in [1.807, 2.05) is 29.5 Å². The topological polar surface area (TPSA) is 66.8 Å². The van der Waals surface area contributed by atoms with Crippen molar-refractivity contribution in [2.24, 2.45) is 0 Å². The van der Waals surface area contributed by atoms with Gasteiger partial charge in [0.1, 0.15) is 23.5 Å². The summed E-state index contributed by atoms with van der Waals surface area (Å²) in [6.45, 7) is 9.17. The Morgan fingerprint density at radius 2 is 2.11 bits per heavy atom. The highest BCUT2D eigenvalue weighted by Gasteiger charge is 2.23. The molecule has 3 rings (SSSR count). The number of imidazole rings is 2. The molecule has 0 aliphatic heterocycles. The largest absolute Gasteiger partial charge is 0.342 e. The van der Waals surface area contributed by atoms with Crippen LogP contribution in [0.2, 0.25) is 0 Å². The molecule has 0 saturated heterocycles. The minimum Gasteiger partial charge on any atom is -0.342 e. The number of H-pyrrole nitrogens is 1. The molecule has 1 N–H and O–H groups in total. The molecule has 0 bridgehead atoms. The van der Waals surface area contributed by atoms with Crippen LogP contribution < -0.4 is 0 Å². The van der Waals surface area contributed by atoms with E-state index in [1.54, 1.807) is 12.3 Å². The van der Waals surface area contributed by atoms with Crippen LogP contribution in [0.1, 0.15) is 51.3 Å². The fourth-order valence-corrected chi connectivity index (χ4v) is 3.30.